The van der Waals surface area contributed by atoms with E-state index in [1.54, 1.807) is 0 Å². The van der Waals surface area contributed by atoms with Crippen molar-refractivity contribution in [2.75, 3.05) is 29.9 Å². The SMILES string of the molecule is CC(C)(C)CCNc1ccc(N2CCCCC2)cc1. The summed E-state index contributed by atoms with van der Waals surface area (Å²) in [5.41, 5.74) is 3.02. The van der Waals surface area contributed by atoms with E-state index in [0.717, 1.165) is 6.54 Å². The molecule has 0 radical (unpaired) electrons. The fourth-order valence-electron chi connectivity index (χ4n) is 2.52. The van der Waals surface area contributed by atoms with Crippen LogP contribution in [0.25, 0.3) is 0 Å². The van der Waals surface area contributed by atoms with Gasteiger partial charge in [0.25, 0.3) is 0 Å². The average Bonchev–Trinajstić information content (AvgIpc) is 2.39. The number of hydrogen-bond acceptors (Lipinski definition) is 2. The second-order valence-corrected chi connectivity index (χ2v) is 6.83. The van der Waals surface area contributed by atoms with Crippen LogP contribution in [0, 0.1) is 5.41 Å². The molecule has 0 amide bonds. The van der Waals surface area contributed by atoms with Crippen LogP contribution in [0.1, 0.15) is 46.5 Å². The van der Waals surface area contributed by atoms with Gasteiger partial charge in [0.15, 0.2) is 0 Å². The van der Waals surface area contributed by atoms with Crippen molar-refractivity contribution in [1.29, 1.82) is 0 Å². The maximum absolute atomic E-state index is 3.51. The van der Waals surface area contributed by atoms with Gasteiger partial charge in [-0.15, -0.1) is 0 Å². The highest BCUT2D eigenvalue weighted by Gasteiger charge is 2.11. The molecule has 0 atom stereocenters. The van der Waals surface area contributed by atoms with E-state index in [0.29, 0.717) is 5.41 Å². The zero-order chi connectivity index (χ0) is 13.7. The highest BCUT2D eigenvalue weighted by atomic mass is 15.1. The van der Waals surface area contributed by atoms with E-state index < -0.39 is 0 Å². The maximum Gasteiger partial charge on any atom is 0.0367 e. The summed E-state index contributed by atoms with van der Waals surface area (Å²) in [6.45, 7) is 10.3. The molecule has 2 nitrogen and oxygen atoms in total. The third-order valence-corrected chi connectivity index (χ3v) is 3.79. The van der Waals surface area contributed by atoms with E-state index >= 15 is 0 Å². The summed E-state index contributed by atoms with van der Waals surface area (Å²) in [6.07, 6.45) is 5.26. The van der Waals surface area contributed by atoms with Gasteiger partial charge in [-0.1, -0.05) is 20.8 Å². The van der Waals surface area contributed by atoms with Crippen molar-refractivity contribution in [1.82, 2.24) is 0 Å². The zero-order valence-corrected chi connectivity index (χ0v) is 12.7. The van der Waals surface area contributed by atoms with Gasteiger partial charge < -0.3 is 10.2 Å². The Bertz CT molecular complexity index is 369. The minimum absolute atomic E-state index is 0.404. The monoisotopic (exact) mass is 260 g/mol. The smallest absolute Gasteiger partial charge is 0.0367 e. The number of benzene rings is 1. The van der Waals surface area contributed by atoms with Crippen molar-refractivity contribution in [3.8, 4) is 0 Å². The lowest BCUT2D eigenvalue weighted by Gasteiger charge is -2.29. The molecule has 0 spiro atoms. The van der Waals surface area contributed by atoms with Crippen LogP contribution in [0.2, 0.25) is 0 Å². The largest absolute Gasteiger partial charge is 0.385 e. The molecule has 19 heavy (non-hydrogen) atoms. The summed E-state index contributed by atoms with van der Waals surface area (Å²) >= 11 is 0. The van der Waals surface area contributed by atoms with Gasteiger partial charge in [-0.25, -0.2) is 0 Å². The number of rotatable bonds is 4. The van der Waals surface area contributed by atoms with Crippen molar-refractivity contribution in [3.05, 3.63) is 24.3 Å². The molecule has 1 aliphatic rings. The van der Waals surface area contributed by atoms with Gasteiger partial charge >= 0.3 is 0 Å². The first-order valence-corrected chi connectivity index (χ1v) is 7.63. The molecule has 0 saturated carbocycles. The van der Waals surface area contributed by atoms with Crippen LogP contribution < -0.4 is 10.2 Å². The summed E-state index contributed by atoms with van der Waals surface area (Å²) in [7, 11) is 0. The summed E-state index contributed by atoms with van der Waals surface area (Å²) in [4.78, 5) is 2.50. The lowest BCUT2D eigenvalue weighted by molar-refractivity contribution is 0.390. The minimum atomic E-state index is 0.404. The van der Waals surface area contributed by atoms with Crippen molar-refractivity contribution < 1.29 is 0 Å². The molecule has 1 N–H and O–H groups in total. The fraction of sp³-hybridized carbons (Fsp3) is 0.647. The van der Waals surface area contributed by atoms with E-state index in [1.807, 2.05) is 0 Å². The quantitative estimate of drug-likeness (QED) is 0.856. The maximum atomic E-state index is 3.51. The molecule has 1 aromatic rings. The Labute approximate surface area is 118 Å². The van der Waals surface area contributed by atoms with Crippen LogP contribution in [0.15, 0.2) is 24.3 Å². The molecular weight excluding hydrogens is 232 g/mol. The van der Waals surface area contributed by atoms with Gasteiger partial charge in [0, 0.05) is 31.0 Å². The highest BCUT2D eigenvalue weighted by Crippen LogP contribution is 2.22. The normalized spacial score (nSPS) is 16.5. The van der Waals surface area contributed by atoms with E-state index in [1.165, 1.54) is 50.1 Å². The third-order valence-electron chi connectivity index (χ3n) is 3.79. The van der Waals surface area contributed by atoms with Crippen LogP contribution in [0.5, 0.6) is 0 Å². The second kappa shape index (κ2) is 6.31. The van der Waals surface area contributed by atoms with E-state index in [-0.39, 0.29) is 0 Å². The van der Waals surface area contributed by atoms with Crippen molar-refractivity contribution >= 4 is 11.4 Å². The van der Waals surface area contributed by atoms with Crippen LogP contribution in [-0.2, 0) is 0 Å². The molecule has 0 bridgehead atoms. The Morgan fingerprint density at radius 3 is 2.21 bits per heavy atom. The molecule has 1 saturated heterocycles. The first-order valence-electron chi connectivity index (χ1n) is 7.63. The Balaban J connectivity index is 1.84. The summed E-state index contributed by atoms with van der Waals surface area (Å²) in [5, 5.41) is 3.51. The van der Waals surface area contributed by atoms with Crippen LogP contribution in [-0.4, -0.2) is 19.6 Å². The molecule has 1 fully saturated rings. The molecule has 2 heteroatoms. The Kier molecular flexibility index (Phi) is 4.73. The Morgan fingerprint density at radius 2 is 1.63 bits per heavy atom. The lowest BCUT2D eigenvalue weighted by atomic mass is 9.92. The van der Waals surface area contributed by atoms with E-state index in [4.69, 9.17) is 0 Å². The molecule has 106 valence electrons. The number of anilines is 2. The number of hydrogen-bond donors (Lipinski definition) is 1. The summed E-state index contributed by atoms with van der Waals surface area (Å²) in [5.74, 6) is 0. The van der Waals surface area contributed by atoms with Crippen LogP contribution >= 0.6 is 0 Å². The van der Waals surface area contributed by atoms with Gasteiger partial charge in [0.1, 0.15) is 0 Å². The fourth-order valence-corrected chi connectivity index (χ4v) is 2.52. The van der Waals surface area contributed by atoms with Crippen molar-refractivity contribution in [2.24, 2.45) is 5.41 Å². The van der Waals surface area contributed by atoms with E-state index in [9.17, 15) is 0 Å². The topological polar surface area (TPSA) is 15.3 Å². The van der Waals surface area contributed by atoms with Crippen LogP contribution in [0.3, 0.4) is 0 Å². The zero-order valence-electron chi connectivity index (χ0n) is 12.7. The molecule has 0 aliphatic carbocycles. The molecule has 0 aromatic heterocycles. The molecular formula is C17H28N2. The minimum Gasteiger partial charge on any atom is -0.385 e. The standard InChI is InChI=1S/C17H28N2/c1-17(2,3)11-12-18-15-7-9-16(10-8-15)19-13-5-4-6-14-19/h7-10,18H,4-6,11-14H2,1-3H3. The molecule has 2 rings (SSSR count). The van der Waals surface area contributed by atoms with Crippen molar-refractivity contribution in [2.45, 2.75) is 46.5 Å². The summed E-state index contributed by atoms with van der Waals surface area (Å²) in [6, 6.07) is 8.94. The lowest BCUT2D eigenvalue weighted by Crippen LogP contribution is -2.29. The first kappa shape index (κ1) is 14.2. The number of piperidine rings is 1. The van der Waals surface area contributed by atoms with Crippen LogP contribution in [0.4, 0.5) is 11.4 Å². The van der Waals surface area contributed by atoms with Crippen molar-refractivity contribution in [3.63, 3.8) is 0 Å². The van der Waals surface area contributed by atoms with Gasteiger partial charge in [-0.2, -0.15) is 0 Å². The Morgan fingerprint density at radius 1 is 1.00 bits per heavy atom. The van der Waals surface area contributed by atoms with Gasteiger partial charge in [0.2, 0.25) is 0 Å². The average molecular weight is 260 g/mol. The molecule has 1 heterocycles. The predicted octanol–water partition coefficient (Wildman–Crippen LogP) is 4.53. The third kappa shape index (κ3) is 4.77. The van der Waals surface area contributed by atoms with E-state index in [2.05, 4.69) is 55.3 Å². The first-order chi connectivity index (χ1) is 9.04. The van der Waals surface area contributed by atoms with Gasteiger partial charge in [-0.3, -0.25) is 0 Å². The highest BCUT2D eigenvalue weighted by molar-refractivity contribution is 5.55. The number of nitrogens with zero attached hydrogens (tertiary/aromatic N) is 1. The van der Waals surface area contributed by atoms with Gasteiger partial charge in [-0.05, 0) is 55.4 Å². The molecule has 1 aromatic carbocycles. The molecule has 1 aliphatic heterocycles. The number of nitrogens with one attached hydrogen (secondary N) is 1. The molecule has 0 unspecified atom stereocenters. The second-order valence-electron chi connectivity index (χ2n) is 6.83. The van der Waals surface area contributed by atoms with Gasteiger partial charge in [0.05, 0.1) is 0 Å². The summed E-state index contributed by atoms with van der Waals surface area (Å²) < 4.78 is 0. The predicted molar refractivity (Wildman–Crippen MR) is 85.1 cm³/mol. The Hall–Kier alpha value is -1.18.